The third kappa shape index (κ3) is 5.23. The molecule has 5 nitrogen and oxygen atoms in total. The van der Waals surface area contributed by atoms with E-state index >= 15 is 0 Å². The zero-order chi connectivity index (χ0) is 13.8. The molecule has 106 valence electrons. The van der Waals surface area contributed by atoms with E-state index in [1.54, 1.807) is 0 Å². The van der Waals surface area contributed by atoms with Crippen LogP contribution in [0.15, 0.2) is 0 Å². The molecular weight excluding hydrogens is 232 g/mol. The van der Waals surface area contributed by atoms with Crippen LogP contribution in [-0.2, 0) is 4.74 Å². The molecule has 0 bridgehead atoms. The molecule has 18 heavy (non-hydrogen) atoms. The smallest absolute Gasteiger partial charge is 0.408 e. The minimum Gasteiger partial charge on any atom is -0.444 e. The van der Waals surface area contributed by atoms with Gasteiger partial charge >= 0.3 is 6.09 Å². The highest BCUT2D eigenvalue weighted by Crippen LogP contribution is 2.17. The van der Waals surface area contributed by atoms with E-state index in [9.17, 15) is 4.79 Å². The second-order valence-corrected chi connectivity index (χ2v) is 5.98. The normalized spacial score (nSPS) is 20.5. The first kappa shape index (κ1) is 15.2. The molecule has 0 aromatic carbocycles. The van der Waals surface area contributed by atoms with Crippen molar-refractivity contribution in [1.29, 1.82) is 0 Å². The Kier molecular flexibility index (Phi) is 5.41. The summed E-state index contributed by atoms with van der Waals surface area (Å²) >= 11 is 0. The lowest BCUT2D eigenvalue weighted by Crippen LogP contribution is -2.50. The number of piperidine rings is 1. The van der Waals surface area contributed by atoms with Crippen molar-refractivity contribution in [1.82, 2.24) is 10.2 Å². The number of nitrogens with zero attached hydrogens (tertiary/aromatic N) is 1. The average Bonchev–Trinajstić information content (AvgIpc) is 2.26. The van der Waals surface area contributed by atoms with E-state index in [1.807, 2.05) is 27.7 Å². The maximum Gasteiger partial charge on any atom is 0.408 e. The lowest BCUT2D eigenvalue weighted by molar-refractivity contribution is 0.0374. The van der Waals surface area contributed by atoms with E-state index in [0.29, 0.717) is 5.92 Å². The van der Waals surface area contributed by atoms with Crippen molar-refractivity contribution in [2.75, 3.05) is 19.7 Å². The number of aliphatic hydroxyl groups excluding tert-OH is 1. The molecule has 0 saturated carbocycles. The van der Waals surface area contributed by atoms with E-state index in [-0.39, 0.29) is 18.9 Å². The monoisotopic (exact) mass is 258 g/mol. The quantitative estimate of drug-likeness (QED) is 0.806. The molecule has 1 rings (SSSR count). The van der Waals surface area contributed by atoms with Gasteiger partial charge in [0.05, 0.1) is 6.17 Å². The third-order valence-corrected chi connectivity index (χ3v) is 3.18. The molecule has 0 aromatic rings. The van der Waals surface area contributed by atoms with E-state index in [1.165, 1.54) is 0 Å². The molecule has 1 fully saturated rings. The number of hydrogen-bond acceptors (Lipinski definition) is 4. The Labute approximate surface area is 109 Å². The lowest BCUT2D eigenvalue weighted by Gasteiger charge is -2.35. The summed E-state index contributed by atoms with van der Waals surface area (Å²) in [6.07, 6.45) is 1.56. The van der Waals surface area contributed by atoms with Crippen LogP contribution in [0, 0.1) is 5.92 Å². The number of hydrogen-bond donors (Lipinski definition) is 2. The van der Waals surface area contributed by atoms with Crippen molar-refractivity contribution in [3.63, 3.8) is 0 Å². The lowest BCUT2D eigenvalue weighted by atomic mass is 9.98. The summed E-state index contributed by atoms with van der Waals surface area (Å²) in [6.45, 7) is 9.59. The number of aliphatic hydroxyl groups is 1. The Balaban J connectivity index is 2.33. The first-order valence-corrected chi connectivity index (χ1v) is 6.66. The predicted molar refractivity (Wildman–Crippen MR) is 70.2 cm³/mol. The fraction of sp³-hybridized carbons (Fsp3) is 0.923. The van der Waals surface area contributed by atoms with Gasteiger partial charge < -0.3 is 15.2 Å². The van der Waals surface area contributed by atoms with Crippen LogP contribution in [0.2, 0.25) is 0 Å². The van der Waals surface area contributed by atoms with Crippen molar-refractivity contribution in [2.45, 2.75) is 52.3 Å². The number of alkyl carbamates (subject to hydrolysis) is 1. The summed E-state index contributed by atoms with van der Waals surface area (Å²) in [5, 5.41) is 11.9. The number of likely N-dealkylation sites (tertiary alicyclic amines) is 1. The van der Waals surface area contributed by atoms with E-state index in [4.69, 9.17) is 9.84 Å². The highest BCUT2D eigenvalue weighted by molar-refractivity contribution is 5.67. The molecule has 1 amide bonds. The van der Waals surface area contributed by atoms with Gasteiger partial charge in [0, 0.05) is 19.7 Å². The van der Waals surface area contributed by atoms with Crippen molar-refractivity contribution in [3.8, 4) is 0 Å². The molecule has 0 radical (unpaired) electrons. The SMILES string of the molecule is CC(NC(=O)OC(C)(C)C)N1CCC(CO)CC1. The molecule has 1 saturated heterocycles. The second kappa shape index (κ2) is 6.38. The topological polar surface area (TPSA) is 61.8 Å². The van der Waals surface area contributed by atoms with Crippen LogP contribution < -0.4 is 5.32 Å². The highest BCUT2D eigenvalue weighted by atomic mass is 16.6. The van der Waals surface area contributed by atoms with Crippen molar-refractivity contribution in [3.05, 3.63) is 0 Å². The maximum atomic E-state index is 11.6. The largest absolute Gasteiger partial charge is 0.444 e. The van der Waals surface area contributed by atoms with Gasteiger partial charge in [0.2, 0.25) is 0 Å². The van der Waals surface area contributed by atoms with Gasteiger partial charge in [-0.25, -0.2) is 4.79 Å². The zero-order valence-corrected chi connectivity index (χ0v) is 11.9. The average molecular weight is 258 g/mol. The minimum absolute atomic E-state index is 0.0282. The summed E-state index contributed by atoms with van der Waals surface area (Å²) in [6, 6.07) is 0. The van der Waals surface area contributed by atoms with E-state index < -0.39 is 5.60 Å². The van der Waals surface area contributed by atoms with E-state index in [2.05, 4.69) is 10.2 Å². The van der Waals surface area contributed by atoms with Gasteiger partial charge in [-0.2, -0.15) is 0 Å². The van der Waals surface area contributed by atoms with Crippen LogP contribution in [0.25, 0.3) is 0 Å². The van der Waals surface area contributed by atoms with Gasteiger partial charge in [-0.3, -0.25) is 4.90 Å². The molecule has 0 aliphatic carbocycles. The van der Waals surface area contributed by atoms with Gasteiger partial charge in [-0.1, -0.05) is 0 Å². The number of amides is 1. The summed E-state index contributed by atoms with van der Waals surface area (Å²) in [7, 11) is 0. The Morgan fingerprint density at radius 2 is 2.00 bits per heavy atom. The maximum absolute atomic E-state index is 11.6. The van der Waals surface area contributed by atoms with Gasteiger partial charge in [-0.15, -0.1) is 0 Å². The molecular formula is C13H26N2O3. The molecule has 1 aliphatic rings. The molecule has 1 atom stereocenters. The first-order valence-electron chi connectivity index (χ1n) is 6.66. The summed E-state index contributed by atoms with van der Waals surface area (Å²) in [4.78, 5) is 13.8. The highest BCUT2D eigenvalue weighted by Gasteiger charge is 2.24. The Bertz CT molecular complexity index is 268. The zero-order valence-electron chi connectivity index (χ0n) is 11.9. The van der Waals surface area contributed by atoms with Crippen LogP contribution in [0.3, 0.4) is 0 Å². The van der Waals surface area contributed by atoms with Crippen molar-refractivity contribution >= 4 is 6.09 Å². The predicted octanol–water partition coefficient (Wildman–Crippen LogP) is 1.56. The Morgan fingerprint density at radius 1 is 1.44 bits per heavy atom. The number of rotatable bonds is 3. The van der Waals surface area contributed by atoms with Gasteiger partial charge in [0.15, 0.2) is 0 Å². The molecule has 1 heterocycles. The summed E-state index contributed by atoms with van der Waals surface area (Å²) in [5.74, 6) is 0.412. The third-order valence-electron chi connectivity index (χ3n) is 3.18. The fourth-order valence-electron chi connectivity index (χ4n) is 2.09. The molecule has 5 heteroatoms. The van der Waals surface area contributed by atoms with Gasteiger partial charge in [-0.05, 0) is 46.5 Å². The number of carbonyl (C=O) groups excluding carboxylic acids is 1. The molecule has 1 aliphatic heterocycles. The molecule has 0 spiro atoms. The number of nitrogens with one attached hydrogen (secondary N) is 1. The Hall–Kier alpha value is -0.810. The molecule has 2 N–H and O–H groups in total. The summed E-state index contributed by atoms with van der Waals surface area (Å²) in [5.41, 5.74) is -0.465. The van der Waals surface area contributed by atoms with Crippen LogP contribution in [0.4, 0.5) is 4.79 Å². The van der Waals surface area contributed by atoms with Gasteiger partial charge in [0.25, 0.3) is 0 Å². The van der Waals surface area contributed by atoms with Crippen molar-refractivity contribution < 1.29 is 14.6 Å². The number of ether oxygens (including phenoxy) is 1. The molecule has 0 aromatic heterocycles. The van der Waals surface area contributed by atoms with Crippen LogP contribution >= 0.6 is 0 Å². The van der Waals surface area contributed by atoms with Crippen LogP contribution in [0.5, 0.6) is 0 Å². The van der Waals surface area contributed by atoms with Crippen molar-refractivity contribution in [2.24, 2.45) is 5.92 Å². The Morgan fingerprint density at radius 3 is 2.44 bits per heavy atom. The number of carbonyl (C=O) groups is 1. The summed E-state index contributed by atoms with van der Waals surface area (Å²) < 4.78 is 5.22. The van der Waals surface area contributed by atoms with E-state index in [0.717, 1.165) is 25.9 Å². The second-order valence-electron chi connectivity index (χ2n) is 5.98. The minimum atomic E-state index is -0.465. The standard InChI is InChI=1S/C13H26N2O3/c1-10(14-12(17)18-13(2,3)4)15-7-5-11(9-16)6-8-15/h10-11,16H,5-9H2,1-4H3,(H,14,17). The van der Waals surface area contributed by atoms with Crippen LogP contribution in [0.1, 0.15) is 40.5 Å². The van der Waals surface area contributed by atoms with Crippen LogP contribution in [-0.4, -0.2) is 47.6 Å². The first-order chi connectivity index (χ1) is 8.31. The molecule has 1 unspecified atom stereocenters. The van der Waals surface area contributed by atoms with Gasteiger partial charge in [0.1, 0.15) is 5.60 Å². The fourth-order valence-corrected chi connectivity index (χ4v) is 2.09.